The Morgan fingerprint density at radius 1 is 1.18 bits per heavy atom. The van der Waals surface area contributed by atoms with Gasteiger partial charge in [-0.1, -0.05) is 12.1 Å². The SMILES string of the molecule is FC(F)(F)c1ccc(CNc2ncco2)cc1. The Labute approximate surface area is 95.3 Å². The maximum atomic E-state index is 12.3. The van der Waals surface area contributed by atoms with Gasteiger partial charge >= 0.3 is 6.18 Å². The van der Waals surface area contributed by atoms with Gasteiger partial charge in [-0.2, -0.15) is 13.2 Å². The van der Waals surface area contributed by atoms with Crippen molar-refractivity contribution in [3.05, 3.63) is 47.9 Å². The second-order valence-corrected chi connectivity index (χ2v) is 3.39. The van der Waals surface area contributed by atoms with Crippen LogP contribution >= 0.6 is 0 Å². The average Bonchev–Trinajstić information content (AvgIpc) is 2.78. The molecule has 2 rings (SSSR count). The lowest BCUT2D eigenvalue weighted by atomic mass is 10.1. The quantitative estimate of drug-likeness (QED) is 0.897. The molecule has 1 aromatic heterocycles. The molecule has 0 spiro atoms. The van der Waals surface area contributed by atoms with E-state index in [1.165, 1.54) is 24.6 Å². The van der Waals surface area contributed by atoms with Crippen molar-refractivity contribution >= 4 is 6.01 Å². The van der Waals surface area contributed by atoms with Crippen LogP contribution in [0.3, 0.4) is 0 Å². The van der Waals surface area contributed by atoms with Gasteiger partial charge in [0, 0.05) is 6.54 Å². The van der Waals surface area contributed by atoms with E-state index in [1.807, 2.05) is 0 Å². The molecule has 3 nitrogen and oxygen atoms in total. The van der Waals surface area contributed by atoms with E-state index >= 15 is 0 Å². The van der Waals surface area contributed by atoms with E-state index in [4.69, 9.17) is 4.42 Å². The molecule has 0 aliphatic rings. The molecule has 1 heterocycles. The van der Waals surface area contributed by atoms with Crippen LogP contribution in [0.25, 0.3) is 0 Å². The Balaban J connectivity index is 1.99. The summed E-state index contributed by atoms with van der Waals surface area (Å²) in [5.74, 6) is 0. The Morgan fingerprint density at radius 2 is 1.88 bits per heavy atom. The number of hydrogen-bond donors (Lipinski definition) is 1. The third kappa shape index (κ3) is 2.99. The zero-order valence-electron chi connectivity index (χ0n) is 8.66. The van der Waals surface area contributed by atoms with Crippen LogP contribution in [0, 0.1) is 0 Å². The number of alkyl halides is 3. The Morgan fingerprint density at radius 3 is 2.41 bits per heavy atom. The number of benzene rings is 1. The van der Waals surface area contributed by atoms with Gasteiger partial charge in [0.25, 0.3) is 6.01 Å². The standard InChI is InChI=1S/C11H9F3N2O/c12-11(13,14)9-3-1-8(2-4-9)7-16-10-15-5-6-17-10/h1-6H,7H2,(H,15,16). The van der Waals surface area contributed by atoms with Crippen LogP contribution in [0.15, 0.2) is 41.1 Å². The summed E-state index contributed by atoms with van der Waals surface area (Å²) in [4.78, 5) is 3.83. The number of halogens is 3. The van der Waals surface area contributed by atoms with Crippen molar-refractivity contribution in [1.29, 1.82) is 0 Å². The van der Waals surface area contributed by atoms with Crippen molar-refractivity contribution in [2.45, 2.75) is 12.7 Å². The highest BCUT2D eigenvalue weighted by molar-refractivity contribution is 5.28. The third-order valence-corrected chi connectivity index (χ3v) is 2.16. The minimum absolute atomic E-state index is 0.338. The number of aromatic nitrogens is 1. The van der Waals surface area contributed by atoms with Gasteiger partial charge < -0.3 is 9.73 Å². The van der Waals surface area contributed by atoms with Crippen molar-refractivity contribution in [1.82, 2.24) is 4.98 Å². The lowest BCUT2D eigenvalue weighted by Gasteiger charge is -2.07. The maximum absolute atomic E-state index is 12.3. The van der Waals surface area contributed by atoms with Gasteiger partial charge in [-0.15, -0.1) is 0 Å². The lowest BCUT2D eigenvalue weighted by Crippen LogP contribution is -2.05. The fourth-order valence-electron chi connectivity index (χ4n) is 1.30. The summed E-state index contributed by atoms with van der Waals surface area (Å²) in [7, 11) is 0. The van der Waals surface area contributed by atoms with Crippen molar-refractivity contribution in [2.75, 3.05) is 5.32 Å². The molecular weight excluding hydrogens is 233 g/mol. The van der Waals surface area contributed by atoms with Gasteiger partial charge in [0.05, 0.1) is 11.8 Å². The van der Waals surface area contributed by atoms with Crippen molar-refractivity contribution in [3.8, 4) is 0 Å². The Hall–Kier alpha value is -1.98. The fraction of sp³-hybridized carbons (Fsp3) is 0.182. The minimum atomic E-state index is -4.30. The predicted octanol–water partition coefficient (Wildman–Crippen LogP) is 3.31. The zero-order valence-corrected chi connectivity index (χ0v) is 8.66. The molecule has 6 heteroatoms. The van der Waals surface area contributed by atoms with E-state index in [2.05, 4.69) is 10.3 Å². The van der Waals surface area contributed by atoms with Crippen LogP contribution in [-0.4, -0.2) is 4.98 Å². The van der Waals surface area contributed by atoms with E-state index in [1.54, 1.807) is 0 Å². The third-order valence-electron chi connectivity index (χ3n) is 2.16. The first-order valence-corrected chi connectivity index (χ1v) is 4.85. The molecule has 0 amide bonds. The molecule has 2 aromatic rings. The Kier molecular flexibility index (Phi) is 3.03. The van der Waals surface area contributed by atoms with Gasteiger partial charge in [0.2, 0.25) is 0 Å². The molecule has 90 valence electrons. The summed E-state index contributed by atoms with van der Waals surface area (Å²) in [5, 5.41) is 2.84. The molecule has 0 bridgehead atoms. The first-order valence-electron chi connectivity index (χ1n) is 4.85. The highest BCUT2D eigenvalue weighted by atomic mass is 19.4. The number of nitrogens with zero attached hydrogens (tertiary/aromatic N) is 1. The van der Waals surface area contributed by atoms with Crippen LogP contribution in [-0.2, 0) is 12.7 Å². The normalized spacial score (nSPS) is 11.5. The molecular formula is C11H9F3N2O. The summed E-state index contributed by atoms with van der Waals surface area (Å²) in [6, 6.07) is 5.27. The van der Waals surface area contributed by atoms with Crippen molar-refractivity contribution in [3.63, 3.8) is 0 Å². The highest BCUT2D eigenvalue weighted by Gasteiger charge is 2.29. The molecule has 0 saturated heterocycles. The summed E-state index contributed by atoms with van der Waals surface area (Å²) < 4.78 is 41.8. The van der Waals surface area contributed by atoms with Crippen LogP contribution < -0.4 is 5.32 Å². The van der Waals surface area contributed by atoms with Crippen LogP contribution in [0.2, 0.25) is 0 Å². The van der Waals surface area contributed by atoms with Crippen LogP contribution in [0.4, 0.5) is 19.2 Å². The molecule has 0 unspecified atom stereocenters. The summed E-state index contributed by atoms with van der Waals surface area (Å²) in [5.41, 5.74) is 0.0635. The number of oxazole rings is 1. The van der Waals surface area contributed by atoms with Crippen molar-refractivity contribution < 1.29 is 17.6 Å². The monoisotopic (exact) mass is 242 g/mol. The maximum Gasteiger partial charge on any atom is 0.416 e. The molecule has 0 atom stereocenters. The lowest BCUT2D eigenvalue weighted by molar-refractivity contribution is -0.137. The van der Waals surface area contributed by atoms with Gasteiger partial charge in [0.15, 0.2) is 0 Å². The topological polar surface area (TPSA) is 38.1 Å². The highest BCUT2D eigenvalue weighted by Crippen LogP contribution is 2.29. The molecule has 0 saturated carbocycles. The number of rotatable bonds is 3. The predicted molar refractivity (Wildman–Crippen MR) is 55.3 cm³/mol. The average molecular weight is 242 g/mol. The van der Waals surface area contributed by atoms with Crippen LogP contribution in [0.1, 0.15) is 11.1 Å². The fourth-order valence-corrected chi connectivity index (χ4v) is 1.30. The summed E-state index contributed by atoms with van der Waals surface area (Å²) >= 11 is 0. The van der Waals surface area contributed by atoms with E-state index < -0.39 is 11.7 Å². The number of hydrogen-bond acceptors (Lipinski definition) is 3. The van der Waals surface area contributed by atoms with Crippen molar-refractivity contribution in [2.24, 2.45) is 0 Å². The van der Waals surface area contributed by atoms with E-state index in [-0.39, 0.29) is 0 Å². The molecule has 0 fully saturated rings. The van der Waals surface area contributed by atoms with E-state index in [9.17, 15) is 13.2 Å². The van der Waals surface area contributed by atoms with E-state index in [0.717, 1.165) is 17.7 Å². The van der Waals surface area contributed by atoms with Crippen LogP contribution in [0.5, 0.6) is 0 Å². The molecule has 0 aliphatic carbocycles. The first kappa shape index (κ1) is 11.5. The van der Waals surface area contributed by atoms with Gasteiger partial charge in [-0.05, 0) is 17.7 Å². The molecule has 0 aliphatic heterocycles. The largest absolute Gasteiger partial charge is 0.432 e. The molecule has 17 heavy (non-hydrogen) atoms. The van der Waals surface area contributed by atoms with Gasteiger partial charge in [-0.3, -0.25) is 0 Å². The first-order chi connectivity index (χ1) is 8.05. The molecule has 1 aromatic carbocycles. The van der Waals surface area contributed by atoms with Gasteiger partial charge in [-0.25, -0.2) is 4.98 Å². The summed E-state index contributed by atoms with van der Waals surface area (Å²) in [6.45, 7) is 0.360. The Bertz CT molecular complexity index is 462. The minimum Gasteiger partial charge on any atom is -0.432 e. The molecule has 1 N–H and O–H groups in total. The smallest absolute Gasteiger partial charge is 0.416 e. The molecule has 0 radical (unpaired) electrons. The number of nitrogens with one attached hydrogen (secondary N) is 1. The summed E-state index contributed by atoms with van der Waals surface area (Å²) in [6.07, 6.45) is -1.40. The second kappa shape index (κ2) is 4.48. The second-order valence-electron chi connectivity index (χ2n) is 3.39. The van der Waals surface area contributed by atoms with E-state index in [0.29, 0.717) is 12.6 Å². The zero-order chi connectivity index (χ0) is 12.3. The van der Waals surface area contributed by atoms with Gasteiger partial charge in [0.1, 0.15) is 6.26 Å². The number of anilines is 1.